The van der Waals surface area contributed by atoms with Crippen LogP contribution in [0.5, 0.6) is 0 Å². The highest BCUT2D eigenvalue weighted by Gasteiger charge is 2.48. The number of benzene rings is 2. The molecule has 12 nitrogen and oxygen atoms in total. The molecule has 2 aromatic heterocycles. The molecule has 1 fully saturated rings. The maximum absolute atomic E-state index is 13.0. The van der Waals surface area contributed by atoms with Gasteiger partial charge >= 0.3 is 11.9 Å². The van der Waals surface area contributed by atoms with Gasteiger partial charge in [0.1, 0.15) is 13.2 Å². The van der Waals surface area contributed by atoms with Crippen LogP contribution in [0.3, 0.4) is 0 Å². The van der Waals surface area contributed by atoms with Crippen molar-refractivity contribution in [2.45, 2.75) is 18.2 Å². The fourth-order valence-corrected chi connectivity index (χ4v) is 3.84. The molecular formula is C23H20N6O6. The van der Waals surface area contributed by atoms with Gasteiger partial charge in [0, 0.05) is 6.42 Å². The Bertz CT molecular complexity index is 1440. The molecule has 3 heterocycles. The molecule has 2 atom stereocenters. The van der Waals surface area contributed by atoms with Gasteiger partial charge in [-0.25, -0.2) is 9.59 Å². The lowest BCUT2D eigenvalue weighted by molar-refractivity contribution is -0.0758. The van der Waals surface area contributed by atoms with Crippen LogP contribution in [0.4, 0.5) is 5.95 Å². The van der Waals surface area contributed by atoms with Crippen molar-refractivity contribution >= 4 is 29.1 Å². The van der Waals surface area contributed by atoms with Crippen LogP contribution in [-0.2, 0) is 19.9 Å². The van der Waals surface area contributed by atoms with E-state index < -0.39 is 29.3 Å². The van der Waals surface area contributed by atoms with Gasteiger partial charge in [-0.2, -0.15) is 9.67 Å². The second-order valence-corrected chi connectivity index (χ2v) is 7.93. The molecule has 1 saturated heterocycles. The summed E-state index contributed by atoms with van der Waals surface area (Å²) in [5.41, 5.74) is 4.27. The van der Waals surface area contributed by atoms with Crippen LogP contribution in [0.2, 0.25) is 0 Å². The highest BCUT2D eigenvalue weighted by atomic mass is 16.6. The smallest absolute Gasteiger partial charge is 0.340 e. The van der Waals surface area contributed by atoms with E-state index in [0.717, 1.165) is 0 Å². The standard InChI is InChI=1S/C23H20N6O6/c24-22-25-18-17(19(30)26-22)27-28-29(18)23(35-21(32)15-9-5-2-6-10-15)11-16(34-13-23)12-33-20(31)14-7-3-1-4-8-14/h1-10,16H,11-13H2,(H3,24,25,26,30)/t16-,23-/m0/s1. The number of rotatable bonds is 6. The van der Waals surface area contributed by atoms with Crippen molar-refractivity contribution in [1.29, 1.82) is 0 Å². The zero-order valence-electron chi connectivity index (χ0n) is 18.3. The summed E-state index contributed by atoms with van der Waals surface area (Å²) in [4.78, 5) is 44.1. The molecule has 0 aliphatic carbocycles. The number of hydrogen-bond donors (Lipinski definition) is 2. The number of nitrogen functional groups attached to an aromatic ring is 1. The van der Waals surface area contributed by atoms with E-state index in [0.29, 0.717) is 11.1 Å². The predicted octanol–water partition coefficient (Wildman–Crippen LogP) is 1.25. The first kappa shape index (κ1) is 22.2. The van der Waals surface area contributed by atoms with Gasteiger partial charge in [0.2, 0.25) is 11.7 Å². The van der Waals surface area contributed by atoms with Gasteiger partial charge in [-0.1, -0.05) is 41.6 Å². The van der Waals surface area contributed by atoms with E-state index in [4.69, 9.17) is 19.9 Å². The van der Waals surface area contributed by atoms with Gasteiger partial charge < -0.3 is 19.9 Å². The highest BCUT2D eigenvalue weighted by molar-refractivity contribution is 5.90. The monoisotopic (exact) mass is 476 g/mol. The minimum Gasteiger partial charge on any atom is -0.459 e. The molecule has 0 spiro atoms. The quantitative estimate of drug-likeness (QED) is 0.387. The third-order valence-electron chi connectivity index (χ3n) is 5.51. The van der Waals surface area contributed by atoms with E-state index >= 15 is 0 Å². The van der Waals surface area contributed by atoms with Gasteiger partial charge in [0.15, 0.2) is 11.2 Å². The van der Waals surface area contributed by atoms with Gasteiger partial charge in [0.25, 0.3) is 5.56 Å². The Morgan fingerprint density at radius 2 is 1.74 bits per heavy atom. The van der Waals surface area contributed by atoms with E-state index in [1.165, 1.54) is 4.68 Å². The van der Waals surface area contributed by atoms with Crippen LogP contribution in [-0.4, -0.2) is 56.2 Å². The third kappa shape index (κ3) is 4.34. The Morgan fingerprint density at radius 1 is 1.09 bits per heavy atom. The number of carbonyl (C=O) groups excluding carboxylic acids is 2. The minimum atomic E-state index is -1.52. The first-order chi connectivity index (χ1) is 16.9. The largest absolute Gasteiger partial charge is 0.459 e. The fraction of sp³-hybridized carbons (Fsp3) is 0.217. The Labute approximate surface area is 197 Å². The van der Waals surface area contributed by atoms with Crippen molar-refractivity contribution in [3.63, 3.8) is 0 Å². The van der Waals surface area contributed by atoms with Crippen molar-refractivity contribution in [2.24, 2.45) is 0 Å². The van der Waals surface area contributed by atoms with E-state index in [-0.39, 0.29) is 36.7 Å². The summed E-state index contributed by atoms with van der Waals surface area (Å²) in [6, 6.07) is 16.9. The summed E-state index contributed by atoms with van der Waals surface area (Å²) in [7, 11) is 0. The van der Waals surface area contributed by atoms with Gasteiger partial charge in [-0.15, -0.1) is 5.10 Å². The molecule has 0 radical (unpaired) electrons. The third-order valence-corrected chi connectivity index (χ3v) is 5.51. The molecule has 4 aromatic rings. The lowest BCUT2D eigenvalue weighted by atomic mass is 10.1. The maximum atomic E-state index is 13.0. The van der Waals surface area contributed by atoms with Gasteiger partial charge in [0.05, 0.1) is 17.2 Å². The van der Waals surface area contributed by atoms with Crippen LogP contribution < -0.4 is 11.3 Å². The zero-order valence-corrected chi connectivity index (χ0v) is 18.3. The summed E-state index contributed by atoms with van der Waals surface area (Å²) < 4.78 is 18.4. The van der Waals surface area contributed by atoms with Crippen LogP contribution in [0.25, 0.3) is 11.2 Å². The first-order valence-electron chi connectivity index (χ1n) is 10.7. The molecular weight excluding hydrogens is 456 g/mol. The molecule has 0 amide bonds. The Hall–Kier alpha value is -4.58. The highest BCUT2D eigenvalue weighted by Crippen LogP contribution is 2.35. The average molecular weight is 476 g/mol. The predicted molar refractivity (Wildman–Crippen MR) is 121 cm³/mol. The number of aromatic amines is 1. The molecule has 0 unspecified atom stereocenters. The van der Waals surface area contributed by atoms with Crippen LogP contribution in [0.1, 0.15) is 27.1 Å². The molecule has 35 heavy (non-hydrogen) atoms. The van der Waals surface area contributed by atoms with Crippen LogP contribution in [0.15, 0.2) is 65.5 Å². The molecule has 1 aliphatic heterocycles. The average Bonchev–Trinajstić information content (AvgIpc) is 3.49. The normalized spacial score (nSPS) is 19.5. The number of aromatic nitrogens is 5. The minimum absolute atomic E-state index is 0.0256. The van der Waals surface area contributed by atoms with Gasteiger partial charge in [-0.05, 0) is 24.3 Å². The topological polar surface area (TPSA) is 164 Å². The molecule has 178 valence electrons. The Kier molecular flexibility index (Phi) is 5.71. The molecule has 2 aromatic carbocycles. The number of anilines is 1. The maximum Gasteiger partial charge on any atom is 0.340 e. The molecule has 0 saturated carbocycles. The van der Waals surface area contributed by atoms with Crippen molar-refractivity contribution in [3.8, 4) is 0 Å². The van der Waals surface area contributed by atoms with Gasteiger partial charge in [-0.3, -0.25) is 9.78 Å². The lowest BCUT2D eigenvalue weighted by Crippen LogP contribution is -2.41. The van der Waals surface area contributed by atoms with Crippen molar-refractivity contribution in [3.05, 3.63) is 82.1 Å². The number of nitrogens with zero attached hydrogens (tertiary/aromatic N) is 4. The van der Waals surface area contributed by atoms with E-state index in [1.807, 2.05) is 0 Å². The fourth-order valence-electron chi connectivity index (χ4n) is 3.84. The number of ether oxygens (including phenoxy) is 3. The molecule has 1 aliphatic rings. The number of nitrogens with one attached hydrogen (secondary N) is 1. The number of fused-ring (bicyclic) bond motifs is 1. The number of H-pyrrole nitrogens is 1. The van der Waals surface area contributed by atoms with E-state index in [2.05, 4.69) is 20.3 Å². The molecule has 0 bridgehead atoms. The van der Waals surface area contributed by atoms with E-state index in [9.17, 15) is 14.4 Å². The van der Waals surface area contributed by atoms with Crippen molar-refractivity contribution < 1.29 is 23.8 Å². The van der Waals surface area contributed by atoms with Crippen molar-refractivity contribution in [2.75, 3.05) is 18.9 Å². The summed E-state index contributed by atoms with van der Waals surface area (Å²) in [5.74, 6) is -1.31. The summed E-state index contributed by atoms with van der Waals surface area (Å²) in [6.45, 7) is -0.243. The number of hydrogen-bond acceptors (Lipinski definition) is 10. The lowest BCUT2D eigenvalue weighted by Gasteiger charge is -2.27. The van der Waals surface area contributed by atoms with Crippen molar-refractivity contribution in [1.82, 2.24) is 25.0 Å². The molecule has 5 rings (SSSR count). The first-order valence-corrected chi connectivity index (χ1v) is 10.7. The van der Waals surface area contributed by atoms with E-state index in [1.54, 1.807) is 60.7 Å². The SMILES string of the molecule is Nc1nc2c(nnn2[C@@]2(OC(=O)c3ccccc3)CO[C@H](COC(=O)c3ccccc3)C2)c(=O)[nH]1. The van der Waals surface area contributed by atoms with Crippen LogP contribution in [0, 0.1) is 0 Å². The second kappa shape index (κ2) is 8.99. The number of carbonyl (C=O) groups is 2. The Balaban J connectivity index is 1.44. The molecule has 3 N–H and O–H groups in total. The summed E-state index contributed by atoms with van der Waals surface area (Å²) in [6.07, 6.45) is -0.578. The molecule has 12 heteroatoms. The second-order valence-electron chi connectivity index (χ2n) is 7.93. The number of esters is 2. The Morgan fingerprint density at radius 3 is 2.43 bits per heavy atom. The summed E-state index contributed by atoms with van der Waals surface area (Å²) >= 11 is 0. The van der Waals surface area contributed by atoms with Crippen LogP contribution >= 0.6 is 0 Å². The summed E-state index contributed by atoms with van der Waals surface area (Å²) in [5, 5.41) is 7.93. The number of nitrogens with two attached hydrogens (primary N) is 1. The zero-order chi connectivity index (χ0) is 24.4.